The molecule has 0 saturated carbocycles. The van der Waals surface area contributed by atoms with Gasteiger partial charge in [0.15, 0.2) is 0 Å². The maximum Gasteiger partial charge on any atom is 0.125 e. The van der Waals surface area contributed by atoms with Gasteiger partial charge in [0.1, 0.15) is 11.6 Å². The van der Waals surface area contributed by atoms with Crippen molar-refractivity contribution in [2.45, 2.75) is 48.5 Å². The van der Waals surface area contributed by atoms with Crippen molar-refractivity contribution in [3.63, 3.8) is 0 Å². The summed E-state index contributed by atoms with van der Waals surface area (Å²) in [6.07, 6.45) is 9.71. The summed E-state index contributed by atoms with van der Waals surface area (Å²) in [5, 5.41) is 45.1. The van der Waals surface area contributed by atoms with Crippen LogP contribution in [-0.2, 0) is 0 Å². The van der Waals surface area contributed by atoms with Crippen LogP contribution in [0.2, 0.25) is 0 Å². The van der Waals surface area contributed by atoms with Crippen LogP contribution in [-0.4, -0.2) is 49.8 Å². The lowest BCUT2D eigenvalue weighted by Gasteiger charge is -2.10. The number of fused-ring (bicyclic) bond motifs is 42. The first kappa shape index (κ1) is 81.7. The molecule has 0 fully saturated rings. The van der Waals surface area contributed by atoms with E-state index in [-0.39, 0.29) is 0 Å². The predicted molar refractivity (Wildman–Crippen MR) is 564 cm³/mol. The van der Waals surface area contributed by atoms with E-state index in [2.05, 4.69) is 411 Å². The van der Waals surface area contributed by atoms with Crippen LogP contribution in [0.15, 0.2) is 407 Å². The normalized spacial score (nSPS) is 11.4. The van der Waals surface area contributed by atoms with Crippen LogP contribution in [0.3, 0.4) is 0 Å². The number of pyridine rings is 4. The number of aryl methyl sites for hydroxylation is 7. The molecule has 21 aromatic carbocycles. The Labute approximate surface area is 767 Å². The molecule has 0 atom stereocenters. The first-order valence-electron chi connectivity index (χ1n) is 45.1. The molecule has 630 valence electrons. The summed E-state index contributed by atoms with van der Waals surface area (Å²) < 4.78 is 0. The Bertz CT molecular complexity index is 7760. The average molecular weight is 1710 g/mol. The third-order valence-electron chi connectivity index (χ3n) is 25.7. The fourth-order valence-corrected chi connectivity index (χ4v) is 19.7. The van der Waals surface area contributed by atoms with E-state index in [1.54, 1.807) is 0 Å². The van der Waals surface area contributed by atoms with E-state index in [4.69, 9.17) is 15.0 Å². The topological polar surface area (TPSA) is 129 Å². The molecule has 0 saturated heterocycles. The molecule has 0 amide bonds. The highest BCUT2D eigenvalue weighted by Gasteiger charge is 2.18. The van der Waals surface area contributed by atoms with Gasteiger partial charge < -0.3 is 0 Å². The number of aromatic nitrogens is 10. The number of hydrogen-bond donors (Lipinski definition) is 0. The molecule has 10 heteroatoms. The molecule has 10 nitrogen and oxygen atoms in total. The van der Waals surface area contributed by atoms with Crippen molar-refractivity contribution in [1.29, 1.82) is 0 Å². The summed E-state index contributed by atoms with van der Waals surface area (Å²) >= 11 is 0. The molecule has 7 aromatic heterocycles. The first-order chi connectivity index (χ1) is 65.4. The fraction of sp³-hybridized carbons (Fsp3) is 0.0569. The van der Waals surface area contributed by atoms with Gasteiger partial charge in [-0.25, -0.2) is 24.9 Å². The standard InChI is InChI=1S/4C18H13N.3C17H12N2/c2*1-12-10-17-15-8-4-2-6-13(15)14-7-3-5-9-16(14)18(17)11-19-12;2*1-12-10-11-17-15-8-3-2-6-13(15)14-7-4-5-9-16(14)18(17)19-12;1-11-10-18-16-14-8-4-2-6-12(14)13-7-3-5-9-15(13)17(16)19-11;2*1-11-18-10-16-14-8-3-2-6-12(14)13-7-4-5-9-15(13)17(16)19-11/h4*2-11H,1H3;3*2-10H,1H3. The van der Waals surface area contributed by atoms with Gasteiger partial charge in [0.2, 0.25) is 0 Å². The summed E-state index contributed by atoms with van der Waals surface area (Å²) in [5.74, 6) is 1.63. The van der Waals surface area contributed by atoms with E-state index < -0.39 is 0 Å². The van der Waals surface area contributed by atoms with Crippen molar-refractivity contribution in [3.05, 3.63) is 447 Å². The largest absolute Gasteiger partial charge is 0.261 e. The molecule has 0 spiro atoms. The second-order valence-electron chi connectivity index (χ2n) is 34.1. The van der Waals surface area contributed by atoms with Gasteiger partial charge in [-0.1, -0.05) is 352 Å². The minimum atomic E-state index is 0.813. The van der Waals surface area contributed by atoms with Crippen molar-refractivity contribution in [2.75, 3.05) is 0 Å². The molecule has 28 aromatic rings. The lowest BCUT2D eigenvalue weighted by atomic mass is 9.95. The van der Waals surface area contributed by atoms with Gasteiger partial charge in [0.25, 0.3) is 0 Å². The maximum absolute atomic E-state index is 4.75. The van der Waals surface area contributed by atoms with Crippen LogP contribution in [0.4, 0.5) is 0 Å². The zero-order valence-corrected chi connectivity index (χ0v) is 74.7. The minimum absolute atomic E-state index is 0.813. The van der Waals surface area contributed by atoms with E-state index in [0.717, 1.165) is 84.0 Å². The van der Waals surface area contributed by atoms with E-state index in [0.29, 0.717) is 0 Å². The Morgan fingerprint density at radius 3 is 0.556 bits per heavy atom. The summed E-state index contributed by atoms with van der Waals surface area (Å²) in [6, 6.07) is 132. The summed E-state index contributed by atoms with van der Waals surface area (Å²) in [6.45, 7) is 14.0. The Morgan fingerprint density at radius 1 is 0.113 bits per heavy atom. The lowest BCUT2D eigenvalue weighted by molar-refractivity contribution is 1.10. The van der Waals surface area contributed by atoms with E-state index in [1.165, 1.54) is 183 Å². The zero-order valence-electron chi connectivity index (χ0n) is 74.7. The van der Waals surface area contributed by atoms with Crippen molar-refractivity contribution in [2.24, 2.45) is 0 Å². The Hall–Kier alpha value is -17.1. The Morgan fingerprint density at radius 2 is 0.293 bits per heavy atom. The van der Waals surface area contributed by atoms with Crippen LogP contribution in [0.1, 0.15) is 40.1 Å². The molecular formula is C123H88N10. The highest BCUT2D eigenvalue weighted by molar-refractivity contribution is 6.31. The number of benzene rings is 21. The molecule has 0 radical (unpaired) electrons. The third-order valence-corrected chi connectivity index (χ3v) is 25.7. The second kappa shape index (κ2) is 34.8. The maximum atomic E-state index is 4.75. The second-order valence-corrected chi connectivity index (χ2v) is 34.1. The van der Waals surface area contributed by atoms with Gasteiger partial charge in [0, 0.05) is 118 Å². The fourth-order valence-electron chi connectivity index (χ4n) is 19.7. The van der Waals surface area contributed by atoms with Crippen molar-refractivity contribution >= 4 is 227 Å². The average Bonchev–Trinajstić information content (AvgIpc) is 0.783. The van der Waals surface area contributed by atoms with E-state index in [1.807, 2.05) is 79.5 Å². The molecule has 7 heterocycles. The summed E-state index contributed by atoms with van der Waals surface area (Å²) in [5.41, 5.74) is 11.5. The molecule has 0 aliphatic rings. The number of nitrogens with zero attached hydrogens (tertiary/aromatic N) is 10. The van der Waals surface area contributed by atoms with Gasteiger partial charge >= 0.3 is 0 Å². The van der Waals surface area contributed by atoms with Gasteiger partial charge in [0.05, 0.1) is 38.8 Å². The predicted octanol–water partition coefficient (Wildman–Crippen LogP) is 32.1. The molecule has 0 N–H and O–H groups in total. The van der Waals surface area contributed by atoms with Gasteiger partial charge in [-0.15, -0.1) is 0 Å². The van der Waals surface area contributed by atoms with Crippen LogP contribution < -0.4 is 0 Å². The highest BCUT2D eigenvalue weighted by Crippen LogP contribution is 2.42. The Kier molecular flexibility index (Phi) is 21.4. The molecule has 133 heavy (non-hydrogen) atoms. The first-order valence-corrected chi connectivity index (χ1v) is 45.1. The van der Waals surface area contributed by atoms with Crippen molar-refractivity contribution in [1.82, 2.24) is 49.8 Å². The minimum Gasteiger partial charge on any atom is -0.261 e. The quantitative estimate of drug-likeness (QED) is 0.135. The third kappa shape index (κ3) is 15.1. The van der Waals surface area contributed by atoms with Crippen LogP contribution in [0.25, 0.3) is 227 Å². The van der Waals surface area contributed by atoms with Crippen LogP contribution in [0.5, 0.6) is 0 Å². The number of hydrogen-bond acceptors (Lipinski definition) is 10. The molecule has 0 aliphatic heterocycles. The van der Waals surface area contributed by atoms with Crippen LogP contribution in [0, 0.1) is 48.5 Å². The SMILES string of the molecule is Cc1cc2c3ccccc3c3ccccc3c2cn1.Cc1cc2c3ccccc3c3ccccc3c2cn1.Cc1ccc2c3ccccc3c3ccccc3c2n1.Cc1ccc2c3ccccc3c3ccccc3c2n1.Cc1cnc2c3ccccc3c3ccccc3c2n1.Cc1ncc2c3ccccc3c3ccccc3c2n1.Cc1ncc2c3ccccc3c3ccccc3c2n1. The summed E-state index contributed by atoms with van der Waals surface area (Å²) in [4.78, 5) is 45.7. The monoisotopic (exact) mass is 1700 g/mol. The molecular weight excluding hydrogens is 1620 g/mol. The smallest absolute Gasteiger partial charge is 0.125 e. The van der Waals surface area contributed by atoms with Crippen molar-refractivity contribution < 1.29 is 0 Å². The summed E-state index contributed by atoms with van der Waals surface area (Å²) in [7, 11) is 0. The molecule has 0 bridgehead atoms. The van der Waals surface area contributed by atoms with E-state index in [9.17, 15) is 0 Å². The Balaban J connectivity index is 0.0000000905. The van der Waals surface area contributed by atoms with Crippen LogP contribution >= 0.6 is 0 Å². The molecule has 0 unspecified atom stereocenters. The number of rotatable bonds is 0. The van der Waals surface area contributed by atoms with Gasteiger partial charge in [-0.05, 0) is 202 Å². The van der Waals surface area contributed by atoms with E-state index >= 15 is 0 Å². The van der Waals surface area contributed by atoms with Gasteiger partial charge in [-0.2, -0.15) is 0 Å². The molecule has 0 aliphatic carbocycles. The zero-order chi connectivity index (χ0) is 89.7. The highest BCUT2D eigenvalue weighted by atomic mass is 14.9. The van der Waals surface area contributed by atoms with Gasteiger partial charge in [-0.3, -0.25) is 24.9 Å². The lowest BCUT2D eigenvalue weighted by Crippen LogP contribution is -1.90. The molecule has 28 rings (SSSR count). The van der Waals surface area contributed by atoms with Crippen molar-refractivity contribution in [3.8, 4) is 0 Å².